The Kier molecular flexibility index (Phi) is 9.94. The van der Waals surface area contributed by atoms with Gasteiger partial charge in [0.25, 0.3) is 5.91 Å². The maximum Gasteiger partial charge on any atom is 0.261 e. The molecule has 0 radical (unpaired) electrons. The molecule has 0 unspecified atom stereocenters. The molecule has 0 heterocycles. The monoisotopic (exact) mass is 484 g/mol. The molecule has 8 heteroatoms. The topological polar surface area (TPSA) is 58.6 Å². The number of benzene rings is 2. The molecule has 1 atom stereocenters. The summed E-state index contributed by atoms with van der Waals surface area (Å²) >= 11 is 18.6. The molecule has 0 bridgehead atoms. The number of rotatable bonds is 10. The zero-order valence-corrected chi connectivity index (χ0v) is 20.2. The number of halogens is 3. The first-order valence-electron chi connectivity index (χ1n) is 10.1. The van der Waals surface area contributed by atoms with Gasteiger partial charge < -0.3 is 15.0 Å². The van der Waals surface area contributed by atoms with Crippen molar-refractivity contribution in [1.82, 2.24) is 10.2 Å². The highest BCUT2D eigenvalue weighted by atomic mass is 35.5. The van der Waals surface area contributed by atoms with Crippen LogP contribution in [0.15, 0.2) is 36.4 Å². The average molecular weight is 486 g/mol. The zero-order chi connectivity index (χ0) is 23.0. The zero-order valence-electron chi connectivity index (χ0n) is 17.9. The molecule has 0 aliphatic heterocycles. The van der Waals surface area contributed by atoms with Gasteiger partial charge >= 0.3 is 0 Å². The van der Waals surface area contributed by atoms with Crippen LogP contribution in [0.2, 0.25) is 15.1 Å². The van der Waals surface area contributed by atoms with Crippen LogP contribution < -0.4 is 10.1 Å². The standard InChI is InChI=1S/C23H27Cl3N2O3/c1-4-5-11-27-23(30)16(3)28(13-18-20(25)7-6-8-21(18)26)22(29)14-31-17-9-10-19(24)15(2)12-17/h6-10,12,16H,4-5,11,13-14H2,1-3H3,(H,27,30)/t16-/m0/s1. The fourth-order valence-corrected chi connectivity index (χ4v) is 3.54. The predicted octanol–water partition coefficient (Wildman–Crippen LogP) is 5.67. The van der Waals surface area contributed by atoms with Crippen LogP contribution in [-0.2, 0) is 16.1 Å². The summed E-state index contributed by atoms with van der Waals surface area (Å²) in [5.74, 6) is -0.0833. The molecule has 2 amide bonds. The maximum atomic E-state index is 13.1. The number of hydrogen-bond acceptors (Lipinski definition) is 3. The first-order chi connectivity index (χ1) is 14.7. The number of carbonyl (C=O) groups is 2. The SMILES string of the molecule is CCCCNC(=O)[C@H](C)N(Cc1c(Cl)cccc1Cl)C(=O)COc1ccc(Cl)c(C)c1. The van der Waals surface area contributed by atoms with Gasteiger partial charge in [0.1, 0.15) is 11.8 Å². The number of ether oxygens (including phenoxy) is 1. The summed E-state index contributed by atoms with van der Waals surface area (Å²) in [6.45, 7) is 5.97. The van der Waals surface area contributed by atoms with Crippen molar-refractivity contribution in [2.75, 3.05) is 13.2 Å². The molecule has 0 aliphatic rings. The van der Waals surface area contributed by atoms with Crippen molar-refractivity contribution in [2.45, 2.75) is 46.2 Å². The Labute approximate surface area is 198 Å². The molecule has 1 N–H and O–H groups in total. The van der Waals surface area contributed by atoms with Crippen molar-refractivity contribution in [2.24, 2.45) is 0 Å². The quantitative estimate of drug-likeness (QED) is 0.441. The number of unbranched alkanes of at least 4 members (excludes halogenated alkanes) is 1. The van der Waals surface area contributed by atoms with E-state index in [1.807, 2.05) is 13.8 Å². The van der Waals surface area contributed by atoms with E-state index in [2.05, 4.69) is 5.32 Å². The lowest BCUT2D eigenvalue weighted by Crippen LogP contribution is -2.49. The predicted molar refractivity (Wildman–Crippen MR) is 126 cm³/mol. The highest BCUT2D eigenvalue weighted by Crippen LogP contribution is 2.27. The van der Waals surface area contributed by atoms with Crippen LogP contribution in [0.25, 0.3) is 0 Å². The van der Waals surface area contributed by atoms with E-state index >= 15 is 0 Å². The van der Waals surface area contributed by atoms with Crippen LogP contribution in [0, 0.1) is 6.92 Å². The van der Waals surface area contributed by atoms with Gasteiger partial charge in [-0.25, -0.2) is 0 Å². The largest absolute Gasteiger partial charge is 0.484 e. The summed E-state index contributed by atoms with van der Waals surface area (Å²) in [7, 11) is 0. The molecule has 2 aromatic rings. The third kappa shape index (κ3) is 7.30. The van der Waals surface area contributed by atoms with Crippen molar-refractivity contribution in [3.05, 3.63) is 62.6 Å². The molecule has 5 nitrogen and oxygen atoms in total. The van der Waals surface area contributed by atoms with Gasteiger partial charge in [-0.2, -0.15) is 0 Å². The number of nitrogens with one attached hydrogen (secondary N) is 1. The van der Waals surface area contributed by atoms with Crippen molar-refractivity contribution >= 4 is 46.6 Å². The fourth-order valence-electron chi connectivity index (χ4n) is 2.91. The van der Waals surface area contributed by atoms with Crippen molar-refractivity contribution in [3.63, 3.8) is 0 Å². The number of aryl methyl sites for hydroxylation is 1. The van der Waals surface area contributed by atoms with E-state index in [1.165, 1.54) is 4.90 Å². The molecule has 0 aliphatic carbocycles. The van der Waals surface area contributed by atoms with E-state index in [1.54, 1.807) is 43.3 Å². The maximum absolute atomic E-state index is 13.1. The number of carbonyl (C=O) groups excluding carboxylic acids is 2. The second-order valence-corrected chi connectivity index (χ2v) is 8.46. The highest BCUT2D eigenvalue weighted by Gasteiger charge is 2.27. The summed E-state index contributed by atoms with van der Waals surface area (Å²) in [6, 6.07) is 9.56. The Morgan fingerprint density at radius 3 is 2.39 bits per heavy atom. The second-order valence-electron chi connectivity index (χ2n) is 7.24. The van der Waals surface area contributed by atoms with Crippen LogP contribution in [0.5, 0.6) is 5.75 Å². The lowest BCUT2D eigenvalue weighted by Gasteiger charge is -2.29. The Balaban J connectivity index is 2.19. The lowest BCUT2D eigenvalue weighted by atomic mass is 10.1. The molecule has 0 spiro atoms. The fraction of sp³-hybridized carbons (Fsp3) is 0.391. The van der Waals surface area contributed by atoms with Gasteiger partial charge in [-0.3, -0.25) is 9.59 Å². The third-order valence-corrected chi connectivity index (χ3v) is 6.01. The summed E-state index contributed by atoms with van der Waals surface area (Å²) < 4.78 is 5.66. The first kappa shape index (κ1) is 25.3. The van der Waals surface area contributed by atoms with Gasteiger partial charge in [-0.15, -0.1) is 0 Å². The van der Waals surface area contributed by atoms with Crippen LogP contribution in [0.3, 0.4) is 0 Å². The Morgan fingerprint density at radius 2 is 1.77 bits per heavy atom. The molecule has 31 heavy (non-hydrogen) atoms. The third-order valence-electron chi connectivity index (χ3n) is 4.88. The van der Waals surface area contributed by atoms with Gasteiger partial charge in [0.2, 0.25) is 5.91 Å². The first-order valence-corrected chi connectivity index (χ1v) is 11.3. The molecule has 2 aromatic carbocycles. The number of hydrogen-bond donors (Lipinski definition) is 1. The minimum Gasteiger partial charge on any atom is -0.484 e. The molecular formula is C23H27Cl3N2O3. The average Bonchev–Trinajstić information content (AvgIpc) is 2.74. The molecule has 2 rings (SSSR count). The highest BCUT2D eigenvalue weighted by molar-refractivity contribution is 6.36. The summed E-state index contributed by atoms with van der Waals surface area (Å²) in [5, 5.41) is 4.34. The number of amides is 2. The van der Waals surface area contributed by atoms with Crippen LogP contribution in [-0.4, -0.2) is 35.9 Å². The number of nitrogens with zero attached hydrogens (tertiary/aromatic N) is 1. The van der Waals surface area contributed by atoms with E-state index in [4.69, 9.17) is 39.5 Å². The smallest absolute Gasteiger partial charge is 0.261 e. The van der Waals surface area contributed by atoms with Crippen molar-refractivity contribution in [3.8, 4) is 5.75 Å². The van der Waals surface area contributed by atoms with Gasteiger partial charge in [-0.05, 0) is 56.2 Å². The summed E-state index contributed by atoms with van der Waals surface area (Å²) in [5.41, 5.74) is 1.42. The minimum atomic E-state index is -0.729. The summed E-state index contributed by atoms with van der Waals surface area (Å²) in [6.07, 6.45) is 1.82. The molecule has 0 fully saturated rings. The molecule has 168 valence electrons. The summed E-state index contributed by atoms with van der Waals surface area (Å²) in [4.78, 5) is 27.2. The van der Waals surface area contributed by atoms with Crippen molar-refractivity contribution < 1.29 is 14.3 Å². The van der Waals surface area contributed by atoms with Crippen LogP contribution >= 0.6 is 34.8 Å². The van der Waals surface area contributed by atoms with Gasteiger partial charge in [-0.1, -0.05) is 54.2 Å². The van der Waals surface area contributed by atoms with E-state index in [9.17, 15) is 9.59 Å². The van der Waals surface area contributed by atoms with E-state index in [-0.39, 0.29) is 25.0 Å². The van der Waals surface area contributed by atoms with Crippen LogP contribution in [0.4, 0.5) is 0 Å². The van der Waals surface area contributed by atoms with E-state index < -0.39 is 6.04 Å². The lowest BCUT2D eigenvalue weighted by molar-refractivity contribution is -0.142. The molecule has 0 aromatic heterocycles. The Bertz CT molecular complexity index is 901. The van der Waals surface area contributed by atoms with Gasteiger partial charge in [0.05, 0.1) is 0 Å². The second kappa shape index (κ2) is 12.2. The molecule has 0 saturated carbocycles. The van der Waals surface area contributed by atoms with Crippen molar-refractivity contribution in [1.29, 1.82) is 0 Å². The Hall–Kier alpha value is -1.95. The normalized spacial score (nSPS) is 11.7. The molecule has 0 saturated heterocycles. The van der Waals surface area contributed by atoms with Gasteiger partial charge in [0, 0.05) is 33.7 Å². The van der Waals surface area contributed by atoms with Crippen LogP contribution in [0.1, 0.15) is 37.8 Å². The van der Waals surface area contributed by atoms with E-state index in [0.29, 0.717) is 32.9 Å². The minimum absolute atomic E-state index is 0.0860. The van der Waals surface area contributed by atoms with Gasteiger partial charge in [0.15, 0.2) is 6.61 Å². The molecular weight excluding hydrogens is 459 g/mol. The van der Waals surface area contributed by atoms with E-state index in [0.717, 1.165) is 18.4 Å². The Morgan fingerprint density at radius 1 is 1.10 bits per heavy atom.